The number of hydrogen-bond donors (Lipinski definition) is 1. The van der Waals surface area contributed by atoms with Crippen LogP contribution in [0.15, 0.2) is 53.6 Å². The Kier molecular flexibility index (Phi) is 9.06. The zero-order chi connectivity index (χ0) is 31.6. The lowest BCUT2D eigenvalue weighted by Crippen LogP contribution is -2.25. The third-order valence-electron chi connectivity index (χ3n) is 6.83. The lowest BCUT2D eigenvalue weighted by molar-refractivity contribution is 0.0914. The summed E-state index contributed by atoms with van der Waals surface area (Å²) in [7, 11) is -4.68. The van der Waals surface area contributed by atoms with E-state index in [1.165, 1.54) is 18.3 Å². The minimum atomic E-state index is -4.68. The van der Waals surface area contributed by atoms with Crippen LogP contribution in [0.3, 0.4) is 0 Å². The Labute approximate surface area is 248 Å². The van der Waals surface area contributed by atoms with E-state index in [0.29, 0.717) is 27.9 Å². The lowest BCUT2D eigenvalue weighted by atomic mass is 10.0. The summed E-state index contributed by atoms with van der Waals surface area (Å²) in [6.07, 6.45) is -3.55. The Bertz CT molecular complexity index is 1830. The number of amides is 1. The van der Waals surface area contributed by atoms with Crippen molar-refractivity contribution >= 4 is 26.6 Å². The molecule has 44 heavy (non-hydrogen) atoms. The van der Waals surface area contributed by atoms with E-state index in [2.05, 4.69) is 20.3 Å². The molecule has 4 heterocycles. The van der Waals surface area contributed by atoms with Gasteiger partial charge in [0.05, 0.1) is 59.4 Å². The Morgan fingerprint density at radius 3 is 2.66 bits per heavy atom. The van der Waals surface area contributed by atoms with Crippen LogP contribution in [0.5, 0.6) is 5.88 Å². The van der Waals surface area contributed by atoms with Crippen molar-refractivity contribution in [1.82, 2.24) is 20.3 Å². The number of rotatable bonds is 9. The highest BCUT2D eigenvalue weighted by molar-refractivity contribution is 7.92. The molecule has 1 N–H and O–H groups in total. The Hall–Kier alpha value is -4.24. The zero-order valence-electron chi connectivity index (χ0n) is 23.1. The Balaban J connectivity index is 1.41. The molecular formula is C29H25F5N4O5S. The summed E-state index contributed by atoms with van der Waals surface area (Å²) in [5.41, 5.74) is -2.50. The molecule has 0 saturated heterocycles. The van der Waals surface area contributed by atoms with Crippen LogP contribution in [0.2, 0.25) is 0 Å². The maximum absolute atomic E-state index is 14.3. The first-order chi connectivity index (χ1) is 21.0. The normalized spacial score (nSPS) is 16.8. The van der Waals surface area contributed by atoms with E-state index in [4.69, 9.17) is 9.47 Å². The van der Waals surface area contributed by atoms with Crippen LogP contribution < -0.4 is 10.1 Å². The van der Waals surface area contributed by atoms with Crippen molar-refractivity contribution in [3.05, 3.63) is 76.7 Å². The standard InChI is InChI=1S/C29H25F5N4O5S/c1-2-43-29-18(4-6-23(38-29)21(31)10-30)22-5-3-15-11-35-17(9-24(15)37-22)12-36-28(39)16-7-19(27(33)34)20-13-42-14-26(32)44(40,41)25(20)8-16/h3-9,11,21,26-27H,2,10,12-14H2,1H3,(H,36,39)/t21-,26+/m0/s1. The van der Waals surface area contributed by atoms with Crippen LogP contribution >= 0.6 is 0 Å². The van der Waals surface area contributed by atoms with Gasteiger partial charge in [0.15, 0.2) is 6.17 Å². The lowest BCUT2D eigenvalue weighted by Gasteiger charge is -2.15. The number of ether oxygens (including phenoxy) is 2. The highest BCUT2D eigenvalue weighted by atomic mass is 32.2. The van der Waals surface area contributed by atoms with Crippen LogP contribution in [0, 0.1) is 0 Å². The second-order valence-electron chi connectivity index (χ2n) is 9.70. The summed E-state index contributed by atoms with van der Waals surface area (Å²) in [5, 5.41) is 3.14. The van der Waals surface area contributed by atoms with Gasteiger partial charge in [-0.15, -0.1) is 0 Å². The molecule has 5 rings (SSSR count). The van der Waals surface area contributed by atoms with E-state index in [0.717, 1.165) is 12.1 Å². The zero-order valence-corrected chi connectivity index (χ0v) is 23.9. The van der Waals surface area contributed by atoms with Gasteiger partial charge in [0.2, 0.25) is 21.2 Å². The van der Waals surface area contributed by atoms with Gasteiger partial charge < -0.3 is 14.8 Å². The number of nitrogens with one attached hydrogen (secondary N) is 1. The molecule has 0 radical (unpaired) electrons. The van der Waals surface area contributed by atoms with Gasteiger partial charge in [0, 0.05) is 28.3 Å². The van der Waals surface area contributed by atoms with E-state index in [1.54, 1.807) is 25.1 Å². The highest BCUT2D eigenvalue weighted by Gasteiger charge is 2.36. The van der Waals surface area contributed by atoms with Crippen LogP contribution in [0.1, 0.15) is 52.4 Å². The maximum atomic E-state index is 14.3. The largest absolute Gasteiger partial charge is 0.477 e. The number of carbonyl (C=O) groups is 1. The number of halogens is 5. The van der Waals surface area contributed by atoms with Crippen molar-refractivity contribution in [2.45, 2.75) is 43.1 Å². The summed E-state index contributed by atoms with van der Waals surface area (Å²) in [6, 6.07) is 9.55. The van der Waals surface area contributed by atoms with E-state index in [-0.39, 0.29) is 30.3 Å². The summed E-state index contributed by atoms with van der Waals surface area (Å²) in [5.74, 6) is -0.813. The topological polar surface area (TPSA) is 120 Å². The number of aromatic nitrogens is 3. The summed E-state index contributed by atoms with van der Waals surface area (Å²) >= 11 is 0. The summed E-state index contributed by atoms with van der Waals surface area (Å²) in [4.78, 5) is 25.2. The minimum Gasteiger partial charge on any atom is -0.477 e. The number of carbonyl (C=O) groups excluding carboxylic acids is 1. The van der Waals surface area contributed by atoms with Crippen LogP contribution in [0.4, 0.5) is 22.0 Å². The number of fused-ring (bicyclic) bond motifs is 2. The summed E-state index contributed by atoms with van der Waals surface area (Å²) in [6.45, 7) is -0.863. The number of nitrogens with zero attached hydrogens (tertiary/aromatic N) is 3. The van der Waals surface area contributed by atoms with Gasteiger partial charge in [-0.2, -0.15) is 0 Å². The van der Waals surface area contributed by atoms with Crippen molar-refractivity contribution < 1.29 is 44.6 Å². The van der Waals surface area contributed by atoms with E-state index in [9.17, 15) is 35.2 Å². The third kappa shape index (κ3) is 6.19. The molecule has 3 aromatic heterocycles. The molecule has 0 fully saturated rings. The van der Waals surface area contributed by atoms with Crippen LogP contribution in [-0.4, -0.2) is 54.7 Å². The second kappa shape index (κ2) is 12.8. The van der Waals surface area contributed by atoms with Crippen molar-refractivity contribution in [2.24, 2.45) is 0 Å². The number of pyridine rings is 3. The van der Waals surface area contributed by atoms with Crippen LogP contribution in [-0.2, 0) is 27.7 Å². The molecule has 1 aliphatic rings. The smallest absolute Gasteiger partial charge is 0.264 e. The van der Waals surface area contributed by atoms with Gasteiger partial charge in [-0.25, -0.2) is 40.3 Å². The maximum Gasteiger partial charge on any atom is 0.264 e. The molecule has 9 nitrogen and oxygen atoms in total. The van der Waals surface area contributed by atoms with Crippen LogP contribution in [0.25, 0.3) is 22.2 Å². The molecule has 1 amide bonds. The van der Waals surface area contributed by atoms with Crippen molar-refractivity contribution in [3.63, 3.8) is 0 Å². The number of benzene rings is 1. The van der Waals surface area contributed by atoms with Gasteiger partial charge in [-0.05, 0) is 49.4 Å². The average molecular weight is 637 g/mol. The summed E-state index contributed by atoms with van der Waals surface area (Å²) < 4.78 is 104. The van der Waals surface area contributed by atoms with Gasteiger partial charge >= 0.3 is 0 Å². The average Bonchev–Trinajstić information content (AvgIpc) is 3.13. The molecule has 232 valence electrons. The predicted octanol–water partition coefficient (Wildman–Crippen LogP) is 5.54. The molecule has 2 atom stereocenters. The molecule has 15 heteroatoms. The molecule has 0 saturated carbocycles. The first-order valence-corrected chi connectivity index (χ1v) is 14.9. The fraction of sp³-hybridized carbons (Fsp3) is 0.310. The Morgan fingerprint density at radius 2 is 1.93 bits per heavy atom. The van der Waals surface area contributed by atoms with Crippen molar-refractivity contribution in [3.8, 4) is 17.1 Å². The van der Waals surface area contributed by atoms with E-state index < -0.39 is 69.8 Å². The molecule has 1 aromatic carbocycles. The van der Waals surface area contributed by atoms with Gasteiger partial charge in [-0.3, -0.25) is 9.78 Å². The Morgan fingerprint density at radius 1 is 1.14 bits per heavy atom. The molecular weight excluding hydrogens is 611 g/mol. The number of sulfone groups is 1. The van der Waals surface area contributed by atoms with Gasteiger partial charge in [-0.1, -0.05) is 0 Å². The monoisotopic (exact) mass is 636 g/mol. The van der Waals surface area contributed by atoms with Gasteiger partial charge in [0.25, 0.3) is 12.3 Å². The van der Waals surface area contributed by atoms with E-state index in [1.807, 2.05) is 0 Å². The SMILES string of the molecule is CCOc1nc([C@@H](F)CF)ccc1-c1ccc2cnc(CNC(=O)c3cc(C(F)F)c4c(c3)S(=O)(=O)[C@@H](F)COC4)cc2n1. The predicted molar refractivity (Wildman–Crippen MR) is 148 cm³/mol. The van der Waals surface area contributed by atoms with Crippen molar-refractivity contribution in [2.75, 3.05) is 19.9 Å². The molecule has 1 aliphatic heterocycles. The fourth-order valence-corrected chi connectivity index (χ4v) is 5.97. The highest BCUT2D eigenvalue weighted by Crippen LogP contribution is 2.35. The first kappa shape index (κ1) is 31.2. The third-order valence-corrected chi connectivity index (χ3v) is 8.62. The second-order valence-corrected chi connectivity index (χ2v) is 11.7. The minimum absolute atomic E-state index is 0.0751. The number of hydrogen-bond acceptors (Lipinski definition) is 8. The molecule has 4 aromatic rings. The molecule has 0 spiro atoms. The van der Waals surface area contributed by atoms with E-state index >= 15 is 0 Å². The molecule has 0 bridgehead atoms. The number of alkyl halides is 5. The fourth-order valence-electron chi connectivity index (χ4n) is 4.61. The molecule has 0 unspecified atom stereocenters. The van der Waals surface area contributed by atoms with Crippen molar-refractivity contribution in [1.29, 1.82) is 0 Å². The molecule has 0 aliphatic carbocycles. The van der Waals surface area contributed by atoms with Gasteiger partial charge in [0.1, 0.15) is 6.67 Å². The quantitative estimate of drug-likeness (QED) is 0.238. The first-order valence-electron chi connectivity index (χ1n) is 13.3.